The predicted octanol–water partition coefficient (Wildman–Crippen LogP) is 4.74. The van der Waals surface area contributed by atoms with Crippen LogP contribution in [0.3, 0.4) is 0 Å². The molecule has 2 aromatic heterocycles. The number of carbonyl (C=O) groups is 2. The summed E-state index contributed by atoms with van der Waals surface area (Å²) in [7, 11) is 1.51. The van der Waals surface area contributed by atoms with Crippen molar-refractivity contribution in [2.24, 2.45) is 0 Å². The molecule has 0 bridgehead atoms. The second-order valence-electron chi connectivity index (χ2n) is 6.56. The summed E-state index contributed by atoms with van der Waals surface area (Å²) in [6, 6.07) is 12.9. The van der Waals surface area contributed by atoms with E-state index >= 15 is 0 Å². The highest BCUT2D eigenvalue weighted by Gasteiger charge is 2.37. The molecule has 4 rings (SSSR count). The standard InChI is InChI=1S/C22H19N3O3S/c1-14-11-16(15(2)24(14)17-7-6-10-23-13-17)12-20-21(26)25(22(27)29-20)18-8-4-5-9-19(18)28-3/h4-13H,1-3H3/b20-12-. The third-order valence-electron chi connectivity index (χ3n) is 4.78. The first-order valence-electron chi connectivity index (χ1n) is 9.01. The van der Waals surface area contributed by atoms with E-state index in [0.717, 1.165) is 39.3 Å². The van der Waals surface area contributed by atoms with Gasteiger partial charge in [0.15, 0.2) is 0 Å². The van der Waals surface area contributed by atoms with Crippen molar-refractivity contribution in [2.75, 3.05) is 12.0 Å². The zero-order valence-electron chi connectivity index (χ0n) is 16.2. The Morgan fingerprint density at radius 3 is 2.62 bits per heavy atom. The Balaban J connectivity index is 1.72. The third-order valence-corrected chi connectivity index (χ3v) is 5.65. The minimum absolute atomic E-state index is 0.341. The number of anilines is 1. The Kier molecular flexibility index (Phi) is 4.98. The summed E-state index contributed by atoms with van der Waals surface area (Å²) >= 11 is 0.932. The van der Waals surface area contributed by atoms with E-state index in [9.17, 15) is 9.59 Å². The van der Waals surface area contributed by atoms with Crippen molar-refractivity contribution in [1.29, 1.82) is 0 Å². The zero-order chi connectivity index (χ0) is 20.5. The topological polar surface area (TPSA) is 64.4 Å². The van der Waals surface area contributed by atoms with Crippen LogP contribution in [0, 0.1) is 13.8 Å². The van der Waals surface area contributed by atoms with Gasteiger partial charge in [-0.05, 0) is 67.6 Å². The first-order chi connectivity index (χ1) is 14.0. The van der Waals surface area contributed by atoms with Gasteiger partial charge >= 0.3 is 0 Å². The van der Waals surface area contributed by atoms with E-state index in [1.807, 2.05) is 32.0 Å². The van der Waals surface area contributed by atoms with Gasteiger partial charge in [0.1, 0.15) is 5.75 Å². The molecule has 3 aromatic rings. The summed E-state index contributed by atoms with van der Waals surface area (Å²) in [5.74, 6) is 0.126. The number of pyridine rings is 1. The van der Waals surface area contributed by atoms with Crippen molar-refractivity contribution >= 4 is 34.7 Å². The number of rotatable bonds is 4. The van der Waals surface area contributed by atoms with Gasteiger partial charge in [-0.3, -0.25) is 14.6 Å². The lowest BCUT2D eigenvalue weighted by Gasteiger charge is -2.15. The summed E-state index contributed by atoms with van der Waals surface area (Å²) in [6.45, 7) is 3.98. The van der Waals surface area contributed by atoms with E-state index < -0.39 is 0 Å². The fourth-order valence-corrected chi connectivity index (χ4v) is 4.27. The number of benzene rings is 1. The summed E-state index contributed by atoms with van der Waals surface area (Å²) in [6.07, 6.45) is 5.29. The van der Waals surface area contributed by atoms with Gasteiger partial charge in [0.25, 0.3) is 11.1 Å². The van der Waals surface area contributed by atoms with Crippen LogP contribution in [0.2, 0.25) is 0 Å². The molecule has 0 unspecified atom stereocenters. The average Bonchev–Trinajstić information content (AvgIpc) is 3.17. The number of thioether (sulfide) groups is 1. The molecule has 2 amide bonds. The molecule has 1 fully saturated rings. The van der Waals surface area contributed by atoms with Crippen LogP contribution >= 0.6 is 11.8 Å². The molecule has 0 saturated carbocycles. The van der Waals surface area contributed by atoms with Crippen molar-refractivity contribution in [3.8, 4) is 11.4 Å². The molecule has 29 heavy (non-hydrogen) atoms. The number of ether oxygens (including phenoxy) is 1. The molecule has 146 valence electrons. The normalized spacial score (nSPS) is 15.4. The van der Waals surface area contributed by atoms with Gasteiger partial charge in [-0.1, -0.05) is 12.1 Å². The van der Waals surface area contributed by atoms with Crippen molar-refractivity contribution in [3.05, 3.63) is 76.7 Å². The van der Waals surface area contributed by atoms with Crippen molar-refractivity contribution in [1.82, 2.24) is 9.55 Å². The van der Waals surface area contributed by atoms with Crippen LogP contribution in [0.4, 0.5) is 10.5 Å². The van der Waals surface area contributed by atoms with Crippen molar-refractivity contribution < 1.29 is 14.3 Å². The Labute approximate surface area is 172 Å². The van der Waals surface area contributed by atoms with Crippen LogP contribution in [0.1, 0.15) is 17.0 Å². The predicted molar refractivity (Wildman–Crippen MR) is 114 cm³/mol. The maximum atomic E-state index is 13.0. The number of methoxy groups -OCH3 is 1. The van der Waals surface area contributed by atoms with Crippen LogP contribution in [0.15, 0.2) is 59.8 Å². The molecule has 0 radical (unpaired) electrons. The van der Waals surface area contributed by atoms with E-state index in [2.05, 4.69) is 9.55 Å². The number of amides is 2. The minimum Gasteiger partial charge on any atom is -0.495 e. The Morgan fingerprint density at radius 1 is 1.10 bits per heavy atom. The molecular weight excluding hydrogens is 386 g/mol. The first-order valence-corrected chi connectivity index (χ1v) is 9.83. The lowest BCUT2D eigenvalue weighted by molar-refractivity contribution is -0.113. The number of imide groups is 1. The maximum Gasteiger partial charge on any atom is 0.298 e. The molecule has 1 saturated heterocycles. The van der Waals surface area contributed by atoms with Crippen LogP contribution in [-0.2, 0) is 4.79 Å². The van der Waals surface area contributed by atoms with Gasteiger partial charge in [0, 0.05) is 17.6 Å². The second-order valence-corrected chi connectivity index (χ2v) is 7.56. The van der Waals surface area contributed by atoms with Crippen molar-refractivity contribution in [3.63, 3.8) is 0 Å². The average molecular weight is 405 g/mol. The summed E-state index contributed by atoms with van der Waals surface area (Å²) in [5.41, 5.74) is 4.27. The third kappa shape index (κ3) is 3.34. The van der Waals surface area contributed by atoms with Crippen LogP contribution in [0.25, 0.3) is 11.8 Å². The van der Waals surface area contributed by atoms with Crippen LogP contribution < -0.4 is 9.64 Å². The fraction of sp³-hybridized carbons (Fsp3) is 0.136. The maximum absolute atomic E-state index is 13.0. The minimum atomic E-state index is -0.351. The number of carbonyl (C=O) groups excluding carboxylic acids is 2. The second kappa shape index (κ2) is 7.60. The Bertz CT molecular complexity index is 1140. The summed E-state index contributed by atoms with van der Waals surface area (Å²) in [4.78, 5) is 31.3. The Morgan fingerprint density at radius 2 is 1.90 bits per heavy atom. The quantitative estimate of drug-likeness (QED) is 0.587. The van der Waals surface area contributed by atoms with E-state index in [-0.39, 0.29) is 11.1 Å². The van der Waals surface area contributed by atoms with Gasteiger partial charge in [0.2, 0.25) is 0 Å². The van der Waals surface area contributed by atoms with Gasteiger partial charge in [0.05, 0.1) is 29.6 Å². The molecule has 0 N–H and O–H groups in total. The number of aryl methyl sites for hydroxylation is 1. The van der Waals surface area contributed by atoms with Crippen LogP contribution in [-0.4, -0.2) is 27.8 Å². The van der Waals surface area contributed by atoms with Gasteiger partial charge in [-0.15, -0.1) is 0 Å². The fourth-order valence-electron chi connectivity index (χ4n) is 3.45. The number of nitrogens with zero attached hydrogens (tertiary/aromatic N) is 3. The lowest BCUT2D eigenvalue weighted by Crippen LogP contribution is -2.28. The number of para-hydroxylation sites is 2. The highest BCUT2D eigenvalue weighted by Crippen LogP contribution is 2.40. The highest BCUT2D eigenvalue weighted by atomic mass is 32.2. The van der Waals surface area contributed by atoms with E-state index in [1.165, 1.54) is 7.11 Å². The highest BCUT2D eigenvalue weighted by molar-refractivity contribution is 8.19. The molecule has 1 aliphatic rings. The number of aromatic nitrogens is 2. The first kappa shape index (κ1) is 19.0. The smallest absolute Gasteiger partial charge is 0.298 e. The monoisotopic (exact) mass is 405 g/mol. The molecule has 0 atom stereocenters. The molecule has 0 aliphatic carbocycles. The van der Waals surface area contributed by atoms with E-state index in [4.69, 9.17) is 4.74 Å². The van der Waals surface area contributed by atoms with Gasteiger partial charge in [-0.25, -0.2) is 4.90 Å². The SMILES string of the molecule is COc1ccccc1N1C(=O)S/C(=C\c2cc(C)n(-c3cccnc3)c2C)C1=O. The molecule has 7 heteroatoms. The van der Waals surface area contributed by atoms with Gasteiger partial charge in [-0.2, -0.15) is 0 Å². The zero-order valence-corrected chi connectivity index (χ0v) is 17.1. The summed E-state index contributed by atoms with van der Waals surface area (Å²) < 4.78 is 7.38. The van der Waals surface area contributed by atoms with Crippen molar-refractivity contribution in [2.45, 2.75) is 13.8 Å². The molecule has 1 aromatic carbocycles. The molecule has 0 spiro atoms. The van der Waals surface area contributed by atoms with E-state index in [0.29, 0.717) is 16.3 Å². The number of hydrogen-bond donors (Lipinski definition) is 0. The lowest BCUT2D eigenvalue weighted by atomic mass is 10.2. The largest absolute Gasteiger partial charge is 0.495 e. The molecule has 3 heterocycles. The van der Waals surface area contributed by atoms with E-state index in [1.54, 1.807) is 42.7 Å². The number of hydrogen-bond acceptors (Lipinski definition) is 5. The molecular formula is C22H19N3O3S. The molecule has 6 nitrogen and oxygen atoms in total. The van der Waals surface area contributed by atoms with Gasteiger partial charge < -0.3 is 9.30 Å². The Hall–Kier alpha value is -3.32. The molecule has 1 aliphatic heterocycles. The summed E-state index contributed by atoms with van der Waals surface area (Å²) in [5, 5.41) is -0.341. The van der Waals surface area contributed by atoms with Crippen LogP contribution in [0.5, 0.6) is 5.75 Å².